The van der Waals surface area contributed by atoms with Crippen molar-refractivity contribution >= 4 is 11.7 Å². The smallest absolute Gasteiger partial charge is 0.354 e. The van der Waals surface area contributed by atoms with Crippen molar-refractivity contribution in [2.24, 2.45) is 0 Å². The molecule has 0 aliphatic heterocycles. The summed E-state index contributed by atoms with van der Waals surface area (Å²) < 4.78 is 0. The average Bonchev–Trinajstić information content (AvgIpc) is 2.51. The van der Waals surface area contributed by atoms with Gasteiger partial charge in [-0.25, -0.2) is 4.79 Å². The van der Waals surface area contributed by atoms with Crippen LogP contribution < -0.4 is 4.90 Å². The van der Waals surface area contributed by atoms with Gasteiger partial charge < -0.3 is 25.3 Å². The van der Waals surface area contributed by atoms with E-state index in [9.17, 15) is 20.1 Å². The first kappa shape index (κ1) is 15.7. The van der Waals surface area contributed by atoms with Gasteiger partial charge in [0, 0.05) is 12.2 Å². The molecule has 0 spiro atoms. The van der Waals surface area contributed by atoms with Crippen molar-refractivity contribution in [1.29, 1.82) is 0 Å². The van der Waals surface area contributed by atoms with Crippen molar-refractivity contribution in [2.75, 3.05) is 11.4 Å². The number of phenolic OH excluding ortho intramolecular Hbond substituents is 2. The largest absolute Gasteiger partial charge is 0.508 e. The number of carboxylic acid groups (broad SMARTS) is 1. The third kappa shape index (κ3) is 3.67. The number of phenols is 2. The standard InChI is InChI=1S/C16H17NO5/c18-13-6-7-14(19)11(10-13)8-9-17(15(20)16(21)22)12-4-2-1-3-5-12/h1-7,10,15,18-20H,8-9H2,(H,21,22)/t15-/m0/s1. The Balaban J connectivity index is 2.20. The maximum atomic E-state index is 11.1. The summed E-state index contributed by atoms with van der Waals surface area (Å²) in [6, 6.07) is 12.8. The molecule has 2 aromatic rings. The number of anilines is 1. The Morgan fingerprint density at radius 3 is 2.41 bits per heavy atom. The SMILES string of the molecule is O=C(O)[C@H](O)N(CCc1cc(O)ccc1O)c1ccccc1. The molecule has 6 nitrogen and oxygen atoms in total. The third-order valence-corrected chi connectivity index (χ3v) is 3.29. The van der Waals surface area contributed by atoms with Crippen molar-refractivity contribution in [1.82, 2.24) is 0 Å². The highest BCUT2D eigenvalue weighted by Crippen LogP contribution is 2.24. The van der Waals surface area contributed by atoms with Crippen molar-refractivity contribution in [3.63, 3.8) is 0 Å². The molecule has 0 aromatic heterocycles. The summed E-state index contributed by atoms with van der Waals surface area (Å²) in [4.78, 5) is 12.4. The molecule has 0 saturated heterocycles. The van der Waals surface area contributed by atoms with Crippen molar-refractivity contribution in [3.8, 4) is 11.5 Å². The maximum absolute atomic E-state index is 11.1. The molecule has 4 N–H and O–H groups in total. The van der Waals surface area contributed by atoms with E-state index < -0.39 is 12.2 Å². The fraction of sp³-hybridized carbons (Fsp3) is 0.188. The molecule has 22 heavy (non-hydrogen) atoms. The van der Waals surface area contributed by atoms with Gasteiger partial charge in [-0.05, 0) is 42.3 Å². The van der Waals surface area contributed by atoms with Crippen molar-refractivity contribution in [2.45, 2.75) is 12.6 Å². The van der Waals surface area contributed by atoms with E-state index in [4.69, 9.17) is 5.11 Å². The molecule has 0 heterocycles. The molecule has 6 heteroatoms. The molecule has 0 bridgehead atoms. The highest BCUT2D eigenvalue weighted by molar-refractivity contribution is 5.76. The number of hydrogen-bond donors (Lipinski definition) is 4. The van der Waals surface area contributed by atoms with Gasteiger partial charge in [-0.15, -0.1) is 0 Å². The number of aromatic hydroxyl groups is 2. The van der Waals surface area contributed by atoms with Crippen LogP contribution in [-0.2, 0) is 11.2 Å². The van der Waals surface area contributed by atoms with Crippen LogP contribution in [0.25, 0.3) is 0 Å². The van der Waals surface area contributed by atoms with E-state index in [0.717, 1.165) is 0 Å². The minimum atomic E-state index is -1.69. The Kier molecular flexibility index (Phi) is 4.85. The molecule has 0 saturated carbocycles. The molecule has 0 aliphatic carbocycles. The number of aliphatic hydroxyl groups excluding tert-OH is 1. The van der Waals surface area contributed by atoms with E-state index in [1.807, 2.05) is 0 Å². The summed E-state index contributed by atoms with van der Waals surface area (Å²) in [7, 11) is 0. The molecule has 0 unspecified atom stereocenters. The van der Waals surface area contributed by atoms with Gasteiger partial charge >= 0.3 is 5.97 Å². The first-order valence-electron chi connectivity index (χ1n) is 6.72. The summed E-state index contributed by atoms with van der Waals surface area (Å²) >= 11 is 0. The number of aliphatic carboxylic acids is 1. The molecule has 0 radical (unpaired) electrons. The van der Waals surface area contributed by atoms with Crippen LogP contribution in [0.1, 0.15) is 5.56 Å². The zero-order chi connectivity index (χ0) is 16.1. The van der Waals surface area contributed by atoms with E-state index in [2.05, 4.69) is 0 Å². The molecule has 0 fully saturated rings. The lowest BCUT2D eigenvalue weighted by molar-refractivity contribution is -0.146. The van der Waals surface area contributed by atoms with Gasteiger partial charge in [0.2, 0.25) is 6.23 Å². The van der Waals surface area contributed by atoms with Crippen molar-refractivity contribution in [3.05, 3.63) is 54.1 Å². The van der Waals surface area contributed by atoms with E-state index in [0.29, 0.717) is 11.3 Å². The lowest BCUT2D eigenvalue weighted by atomic mass is 10.1. The summed E-state index contributed by atoms with van der Waals surface area (Å²) in [5, 5.41) is 38.1. The summed E-state index contributed by atoms with van der Waals surface area (Å²) in [5.74, 6) is -1.34. The molecule has 116 valence electrons. The van der Waals surface area contributed by atoms with E-state index in [1.165, 1.54) is 23.1 Å². The fourth-order valence-electron chi connectivity index (χ4n) is 2.16. The van der Waals surface area contributed by atoms with Gasteiger partial charge in [0.05, 0.1) is 0 Å². The Bertz CT molecular complexity index is 644. The third-order valence-electron chi connectivity index (χ3n) is 3.29. The molecule has 2 aromatic carbocycles. The zero-order valence-corrected chi connectivity index (χ0v) is 11.8. The van der Waals surface area contributed by atoms with Gasteiger partial charge in [-0.2, -0.15) is 0 Å². The lowest BCUT2D eigenvalue weighted by Crippen LogP contribution is -2.42. The number of rotatable bonds is 6. The maximum Gasteiger partial charge on any atom is 0.354 e. The van der Waals surface area contributed by atoms with Crippen LogP contribution in [0.5, 0.6) is 11.5 Å². The van der Waals surface area contributed by atoms with E-state index in [-0.39, 0.29) is 24.5 Å². The topological polar surface area (TPSA) is 101 Å². The van der Waals surface area contributed by atoms with Gasteiger partial charge in [0.25, 0.3) is 0 Å². The number of benzene rings is 2. The predicted molar refractivity (Wildman–Crippen MR) is 80.9 cm³/mol. The quantitative estimate of drug-likeness (QED) is 0.477. The van der Waals surface area contributed by atoms with E-state index >= 15 is 0 Å². The predicted octanol–water partition coefficient (Wildman–Crippen LogP) is 1.55. The number of carbonyl (C=O) groups is 1. The van der Waals surface area contributed by atoms with E-state index in [1.54, 1.807) is 30.3 Å². The van der Waals surface area contributed by atoms with Crippen molar-refractivity contribution < 1.29 is 25.2 Å². The normalized spacial score (nSPS) is 11.9. The van der Waals surface area contributed by atoms with Gasteiger partial charge in [-0.1, -0.05) is 18.2 Å². The Morgan fingerprint density at radius 1 is 1.09 bits per heavy atom. The molecule has 0 amide bonds. The van der Waals surface area contributed by atoms with Crippen LogP contribution in [0.4, 0.5) is 5.69 Å². The van der Waals surface area contributed by atoms with Gasteiger partial charge in [-0.3, -0.25) is 0 Å². The Morgan fingerprint density at radius 2 is 1.77 bits per heavy atom. The Hall–Kier alpha value is -2.73. The molecule has 0 aliphatic rings. The van der Waals surface area contributed by atoms with Gasteiger partial charge in [0.15, 0.2) is 0 Å². The lowest BCUT2D eigenvalue weighted by Gasteiger charge is -2.27. The number of para-hydroxylation sites is 1. The highest BCUT2D eigenvalue weighted by Gasteiger charge is 2.23. The molecular weight excluding hydrogens is 286 g/mol. The minimum Gasteiger partial charge on any atom is -0.508 e. The first-order valence-corrected chi connectivity index (χ1v) is 6.72. The highest BCUT2D eigenvalue weighted by atomic mass is 16.4. The second kappa shape index (κ2) is 6.82. The number of aliphatic hydroxyl groups is 1. The van der Waals surface area contributed by atoms with Crippen LogP contribution in [0.15, 0.2) is 48.5 Å². The zero-order valence-electron chi connectivity index (χ0n) is 11.8. The second-order valence-corrected chi connectivity index (χ2v) is 4.80. The average molecular weight is 303 g/mol. The van der Waals surface area contributed by atoms with Crippen LogP contribution in [0.3, 0.4) is 0 Å². The van der Waals surface area contributed by atoms with Crippen LogP contribution in [0, 0.1) is 0 Å². The monoisotopic (exact) mass is 303 g/mol. The summed E-state index contributed by atoms with van der Waals surface area (Å²) in [5.41, 5.74) is 1.02. The van der Waals surface area contributed by atoms with Crippen LogP contribution in [-0.4, -0.2) is 39.2 Å². The molecule has 1 atom stereocenters. The Labute approximate surface area is 127 Å². The van der Waals surface area contributed by atoms with Gasteiger partial charge in [0.1, 0.15) is 11.5 Å². The molecular formula is C16H17NO5. The fourth-order valence-corrected chi connectivity index (χ4v) is 2.16. The summed E-state index contributed by atoms with van der Waals surface area (Å²) in [6.45, 7) is 0.161. The molecule has 2 rings (SSSR count). The minimum absolute atomic E-state index is 0.00984. The first-order chi connectivity index (χ1) is 10.5. The summed E-state index contributed by atoms with van der Waals surface area (Å²) in [6.07, 6.45) is -1.43. The van der Waals surface area contributed by atoms with Crippen LogP contribution >= 0.6 is 0 Å². The number of hydrogen-bond acceptors (Lipinski definition) is 5. The number of nitrogens with zero attached hydrogens (tertiary/aromatic N) is 1. The number of carboxylic acids is 1. The second-order valence-electron chi connectivity index (χ2n) is 4.80. The van der Waals surface area contributed by atoms with Crippen LogP contribution in [0.2, 0.25) is 0 Å².